The summed E-state index contributed by atoms with van der Waals surface area (Å²) < 4.78 is 17.3. The monoisotopic (exact) mass is 448 g/mol. The second-order valence-electron chi connectivity index (χ2n) is 9.14. The molecule has 1 amide bonds. The van der Waals surface area contributed by atoms with Gasteiger partial charge in [-0.1, -0.05) is 36.8 Å². The van der Waals surface area contributed by atoms with Gasteiger partial charge in [-0.3, -0.25) is 4.79 Å². The standard InChI is InChI=1S/C27H32N2O4/c1-31-25-14-21-22(16-28-23(21)15-26(25)33-17-18-7-3-2-4-8-18)19-9-5-10-20(13-19)29-27(30)24-11-6-12-32-24/h2-4,7-8,14-16,19-20,24,28H,5-6,9-13,17H2,1H3,(H,29,30)/t19-,20?,24+/m1/s1. The highest BCUT2D eigenvalue weighted by Crippen LogP contribution is 2.40. The van der Waals surface area contributed by atoms with E-state index >= 15 is 0 Å². The predicted molar refractivity (Wildman–Crippen MR) is 128 cm³/mol. The molecule has 1 unspecified atom stereocenters. The fourth-order valence-corrected chi connectivity index (χ4v) is 5.18. The number of aromatic nitrogens is 1. The zero-order valence-electron chi connectivity index (χ0n) is 19.1. The van der Waals surface area contributed by atoms with Crippen molar-refractivity contribution in [2.45, 2.75) is 63.2 Å². The number of benzene rings is 2. The number of H-pyrrole nitrogens is 1. The molecule has 2 fully saturated rings. The van der Waals surface area contributed by atoms with Crippen LogP contribution in [0, 0.1) is 0 Å². The van der Waals surface area contributed by atoms with Gasteiger partial charge >= 0.3 is 0 Å². The maximum atomic E-state index is 12.5. The van der Waals surface area contributed by atoms with Crippen LogP contribution in [-0.2, 0) is 16.1 Å². The summed E-state index contributed by atoms with van der Waals surface area (Å²) in [6.45, 7) is 1.19. The van der Waals surface area contributed by atoms with E-state index in [0.717, 1.165) is 66.5 Å². The summed E-state index contributed by atoms with van der Waals surface area (Å²) in [6, 6.07) is 14.4. The van der Waals surface area contributed by atoms with Crippen LogP contribution in [0.1, 0.15) is 55.6 Å². The molecule has 1 aromatic heterocycles. The van der Waals surface area contributed by atoms with Gasteiger partial charge in [-0.2, -0.15) is 0 Å². The molecule has 5 rings (SSSR count). The fraction of sp³-hybridized carbons (Fsp3) is 0.444. The molecule has 1 saturated carbocycles. The number of hydrogen-bond acceptors (Lipinski definition) is 4. The number of fused-ring (bicyclic) bond motifs is 1. The highest BCUT2D eigenvalue weighted by molar-refractivity contribution is 5.87. The molecule has 0 radical (unpaired) electrons. The average molecular weight is 449 g/mol. The van der Waals surface area contributed by atoms with E-state index in [1.807, 2.05) is 24.3 Å². The second-order valence-corrected chi connectivity index (χ2v) is 9.14. The van der Waals surface area contributed by atoms with E-state index in [2.05, 4.69) is 34.7 Å². The van der Waals surface area contributed by atoms with E-state index in [9.17, 15) is 4.79 Å². The van der Waals surface area contributed by atoms with E-state index in [-0.39, 0.29) is 18.1 Å². The first-order valence-corrected chi connectivity index (χ1v) is 12.0. The molecule has 2 N–H and O–H groups in total. The quantitative estimate of drug-likeness (QED) is 0.529. The first-order valence-electron chi connectivity index (χ1n) is 12.0. The summed E-state index contributed by atoms with van der Waals surface area (Å²) in [5.41, 5.74) is 3.44. The zero-order valence-corrected chi connectivity index (χ0v) is 19.1. The highest BCUT2D eigenvalue weighted by atomic mass is 16.5. The first kappa shape index (κ1) is 21.8. The lowest BCUT2D eigenvalue weighted by Gasteiger charge is -2.30. The van der Waals surface area contributed by atoms with E-state index < -0.39 is 0 Å². The third-order valence-electron chi connectivity index (χ3n) is 6.92. The van der Waals surface area contributed by atoms with Crippen LogP contribution in [0.4, 0.5) is 0 Å². The SMILES string of the molecule is COc1cc2c([C@@H]3CCCC(NC(=O)[C@@H]4CCCO4)C3)c[nH]c2cc1OCc1ccccc1. The lowest BCUT2D eigenvalue weighted by Crippen LogP contribution is -2.43. The van der Waals surface area contributed by atoms with Crippen molar-refractivity contribution in [3.63, 3.8) is 0 Å². The number of amides is 1. The molecule has 33 heavy (non-hydrogen) atoms. The van der Waals surface area contributed by atoms with Crippen molar-refractivity contribution in [1.29, 1.82) is 0 Å². The summed E-state index contributed by atoms with van der Waals surface area (Å²) in [6.07, 6.45) is 7.84. The van der Waals surface area contributed by atoms with Gasteiger partial charge in [-0.05, 0) is 55.2 Å². The van der Waals surface area contributed by atoms with Crippen molar-refractivity contribution in [2.75, 3.05) is 13.7 Å². The minimum Gasteiger partial charge on any atom is -0.493 e. The molecule has 174 valence electrons. The van der Waals surface area contributed by atoms with Gasteiger partial charge < -0.3 is 24.5 Å². The molecule has 2 aliphatic rings. The molecule has 3 atom stereocenters. The third-order valence-corrected chi connectivity index (χ3v) is 6.92. The van der Waals surface area contributed by atoms with Crippen molar-refractivity contribution in [3.05, 3.63) is 59.8 Å². The Bertz CT molecular complexity index is 1090. The number of ether oxygens (including phenoxy) is 3. The Morgan fingerprint density at radius 1 is 1.12 bits per heavy atom. The normalized spacial score (nSPS) is 22.9. The summed E-state index contributed by atoms with van der Waals surface area (Å²) in [5, 5.41) is 4.41. The number of aromatic amines is 1. The number of hydrogen-bond donors (Lipinski definition) is 2. The Morgan fingerprint density at radius 3 is 2.79 bits per heavy atom. The Kier molecular flexibility index (Phi) is 6.53. The van der Waals surface area contributed by atoms with E-state index in [1.54, 1.807) is 7.11 Å². The maximum Gasteiger partial charge on any atom is 0.249 e. The average Bonchev–Trinajstić information content (AvgIpc) is 3.53. The van der Waals surface area contributed by atoms with Crippen LogP contribution in [-0.4, -0.2) is 36.8 Å². The summed E-state index contributed by atoms with van der Waals surface area (Å²) in [4.78, 5) is 16.0. The van der Waals surface area contributed by atoms with E-state index in [0.29, 0.717) is 19.1 Å². The summed E-state index contributed by atoms with van der Waals surface area (Å²) >= 11 is 0. The third kappa shape index (κ3) is 4.86. The van der Waals surface area contributed by atoms with Crippen molar-refractivity contribution >= 4 is 16.8 Å². The molecule has 6 heteroatoms. The van der Waals surface area contributed by atoms with Crippen LogP contribution in [0.25, 0.3) is 10.9 Å². The van der Waals surface area contributed by atoms with Crippen molar-refractivity contribution < 1.29 is 19.0 Å². The number of methoxy groups -OCH3 is 1. The molecule has 1 saturated heterocycles. The number of carbonyl (C=O) groups excluding carboxylic acids is 1. The van der Waals surface area contributed by atoms with Crippen molar-refractivity contribution in [3.8, 4) is 11.5 Å². The van der Waals surface area contributed by atoms with Crippen LogP contribution in [0.2, 0.25) is 0 Å². The number of rotatable bonds is 7. The van der Waals surface area contributed by atoms with Gasteiger partial charge in [-0.25, -0.2) is 0 Å². The molecule has 6 nitrogen and oxygen atoms in total. The maximum absolute atomic E-state index is 12.5. The predicted octanol–water partition coefficient (Wildman–Crippen LogP) is 5.08. The van der Waals surface area contributed by atoms with Crippen LogP contribution in [0.15, 0.2) is 48.7 Å². The van der Waals surface area contributed by atoms with Gasteiger partial charge in [0.15, 0.2) is 11.5 Å². The molecule has 0 spiro atoms. The first-order chi connectivity index (χ1) is 16.2. The van der Waals surface area contributed by atoms with Crippen molar-refractivity contribution in [2.24, 2.45) is 0 Å². The van der Waals surface area contributed by atoms with E-state index in [4.69, 9.17) is 14.2 Å². The lowest BCUT2D eigenvalue weighted by atomic mass is 9.81. The fourth-order valence-electron chi connectivity index (χ4n) is 5.18. The smallest absolute Gasteiger partial charge is 0.249 e. The van der Waals surface area contributed by atoms with Gasteiger partial charge in [-0.15, -0.1) is 0 Å². The summed E-state index contributed by atoms with van der Waals surface area (Å²) in [7, 11) is 1.68. The molecule has 2 aromatic carbocycles. The number of nitrogens with one attached hydrogen (secondary N) is 2. The van der Waals surface area contributed by atoms with Gasteiger partial charge in [0.05, 0.1) is 7.11 Å². The Labute approximate surface area is 194 Å². The Balaban J connectivity index is 1.31. The highest BCUT2D eigenvalue weighted by Gasteiger charge is 2.30. The lowest BCUT2D eigenvalue weighted by molar-refractivity contribution is -0.131. The zero-order chi connectivity index (χ0) is 22.6. The number of carbonyl (C=O) groups is 1. The summed E-state index contributed by atoms with van der Waals surface area (Å²) in [5.74, 6) is 1.91. The van der Waals surface area contributed by atoms with Gasteiger partial charge in [0.2, 0.25) is 5.91 Å². The minimum absolute atomic E-state index is 0.0546. The second kappa shape index (κ2) is 9.87. The van der Waals surface area contributed by atoms with Crippen LogP contribution in [0.3, 0.4) is 0 Å². The van der Waals surface area contributed by atoms with Crippen molar-refractivity contribution in [1.82, 2.24) is 10.3 Å². The van der Waals surface area contributed by atoms with Crippen LogP contribution in [0.5, 0.6) is 11.5 Å². The minimum atomic E-state index is -0.267. The molecule has 0 bridgehead atoms. The molecular weight excluding hydrogens is 416 g/mol. The van der Waals surface area contributed by atoms with Gasteiger partial charge in [0.25, 0.3) is 0 Å². The molecular formula is C27H32N2O4. The molecule has 1 aliphatic heterocycles. The van der Waals surface area contributed by atoms with E-state index in [1.165, 1.54) is 5.56 Å². The Morgan fingerprint density at radius 2 is 2.00 bits per heavy atom. The van der Waals surface area contributed by atoms with Crippen LogP contribution < -0.4 is 14.8 Å². The molecule has 1 aliphatic carbocycles. The Hall–Kier alpha value is -2.99. The topological polar surface area (TPSA) is 72.6 Å². The largest absolute Gasteiger partial charge is 0.493 e. The van der Waals surface area contributed by atoms with Gasteiger partial charge in [0, 0.05) is 35.8 Å². The van der Waals surface area contributed by atoms with Gasteiger partial charge in [0.1, 0.15) is 12.7 Å². The van der Waals surface area contributed by atoms with Crippen LogP contribution >= 0.6 is 0 Å². The molecule has 2 heterocycles. The molecule has 3 aromatic rings.